The molecule has 1 saturated heterocycles. The summed E-state index contributed by atoms with van der Waals surface area (Å²) < 4.78 is 80.4. The minimum Gasteiger partial charge on any atom is -0.493 e. The fraction of sp³-hybridized carbons (Fsp3) is 0.455. The number of aliphatic hydroxyl groups excluding tert-OH is 1. The molecule has 2 aromatic rings. The number of carbonyl (C=O) groups is 1. The maximum absolute atomic E-state index is 14.4. The van der Waals surface area contributed by atoms with E-state index in [1.807, 2.05) is 0 Å². The summed E-state index contributed by atoms with van der Waals surface area (Å²) in [5.41, 5.74) is 3.20. The Balaban J connectivity index is 2.05. The molecule has 3 rings (SSSR count). The van der Waals surface area contributed by atoms with Gasteiger partial charge in [-0.15, -0.1) is 0 Å². The number of pyridine rings is 1. The summed E-state index contributed by atoms with van der Waals surface area (Å²) in [5.74, 6) is -6.91. The van der Waals surface area contributed by atoms with E-state index in [0.717, 1.165) is 26.2 Å². The molecule has 0 unspecified atom stereocenters. The summed E-state index contributed by atoms with van der Waals surface area (Å²) >= 11 is 0. The standard InChI is InChI=1S/C22H24F5N3O4/c1-10-16(12-4-5-13(23)17(24)18(12)33-3)19(34-21(10,2)22(25,26)27)20(32)30-11-6-7-29-15(8-11)14(28)9-31/h4-8,10,14,16,19,31H,9,28H2,1-3H3,(H,29,30,32)/t10-,14-,16-,19+,21+/m0/s1. The number of halogens is 5. The maximum Gasteiger partial charge on any atom is 0.417 e. The SMILES string of the molecule is COc1c([C@H]2[C@H](C(=O)Nc3ccnc([C@@H](N)CO)c3)O[C@@](C)(C(F)(F)F)[C@H]2C)ccc(F)c1F. The van der Waals surface area contributed by atoms with Gasteiger partial charge in [-0.3, -0.25) is 9.78 Å². The molecule has 1 amide bonds. The van der Waals surface area contributed by atoms with Crippen molar-refractivity contribution in [1.82, 2.24) is 4.98 Å². The summed E-state index contributed by atoms with van der Waals surface area (Å²) in [5, 5.41) is 11.7. The fourth-order valence-electron chi connectivity index (χ4n) is 4.08. The summed E-state index contributed by atoms with van der Waals surface area (Å²) in [7, 11) is 1.04. The van der Waals surface area contributed by atoms with E-state index >= 15 is 0 Å². The van der Waals surface area contributed by atoms with Gasteiger partial charge in [-0.05, 0) is 25.1 Å². The zero-order valence-electron chi connectivity index (χ0n) is 18.5. The first-order chi connectivity index (χ1) is 15.9. The molecule has 1 aliphatic rings. The van der Waals surface area contributed by atoms with Crippen LogP contribution in [0.3, 0.4) is 0 Å². The van der Waals surface area contributed by atoms with Crippen LogP contribution >= 0.6 is 0 Å². The highest BCUT2D eigenvalue weighted by Crippen LogP contribution is 2.55. The fourth-order valence-corrected chi connectivity index (χ4v) is 4.08. The minimum atomic E-state index is -4.87. The van der Waals surface area contributed by atoms with Gasteiger partial charge in [0.25, 0.3) is 5.91 Å². The molecule has 186 valence electrons. The van der Waals surface area contributed by atoms with E-state index in [1.165, 1.54) is 25.3 Å². The van der Waals surface area contributed by atoms with Crippen LogP contribution in [-0.2, 0) is 9.53 Å². The van der Waals surface area contributed by atoms with Crippen LogP contribution in [0.2, 0.25) is 0 Å². The Bertz CT molecular complexity index is 1070. The molecular formula is C22H24F5N3O4. The summed E-state index contributed by atoms with van der Waals surface area (Å²) in [6.07, 6.45) is -5.30. The van der Waals surface area contributed by atoms with Crippen LogP contribution in [0.25, 0.3) is 0 Å². The third-order valence-corrected chi connectivity index (χ3v) is 6.20. The topological polar surface area (TPSA) is 107 Å². The number of methoxy groups -OCH3 is 1. The van der Waals surface area contributed by atoms with Gasteiger partial charge < -0.3 is 25.6 Å². The van der Waals surface area contributed by atoms with Gasteiger partial charge in [0.2, 0.25) is 5.82 Å². The van der Waals surface area contributed by atoms with Crippen LogP contribution in [0.15, 0.2) is 30.5 Å². The zero-order valence-corrected chi connectivity index (χ0v) is 18.5. The molecule has 0 bridgehead atoms. The molecule has 0 aliphatic carbocycles. The maximum atomic E-state index is 14.4. The number of carbonyl (C=O) groups excluding carboxylic acids is 1. The highest BCUT2D eigenvalue weighted by Gasteiger charge is 2.65. The zero-order chi connectivity index (χ0) is 25.4. The molecule has 1 aromatic heterocycles. The molecule has 7 nitrogen and oxygen atoms in total. The van der Waals surface area contributed by atoms with Crippen molar-refractivity contribution >= 4 is 11.6 Å². The molecule has 34 heavy (non-hydrogen) atoms. The third kappa shape index (κ3) is 4.44. The van der Waals surface area contributed by atoms with E-state index in [1.54, 1.807) is 0 Å². The Labute approximate surface area is 192 Å². The number of hydrogen-bond acceptors (Lipinski definition) is 6. The van der Waals surface area contributed by atoms with Gasteiger partial charge >= 0.3 is 6.18 Å². The van der Waals surface area contributed by atoms with Crippen molar-refractivity contribution in [2.24, 2.45) is 11.7 Å². The number of hydrogen-bond donors (Lipinski definition) is 3. The normalized spacial score (nSPS) is 25.8. The van der Waals surface area contributed by atoms with Gasteiger partial charge in [0.15, 0.2) is 17.2 Å². The Kier molecular flexibility index (Phi) is 7.15. The number of ether oxygens (including phenoxy) is 2. The quantitative estimate of drug-likeness (QED) is 0.537. The lowest BCUT2D eigenvalue weighted by atomic mass is 9.77. The van der Waals surface area contributed by atoms with Gasteiger partial charge in [0, 0.05) is 29.3 Å². The van der Waals surface area contributed by atoms with Crippen molar-refractivity contribution < 1.29 is 41.3 Å². The summed E-state index contributed by atoms with van der Waals surface area (Å²) in [4.78, 5) is 17.1. The Hall–Kier alpha value is -2.83. The van der Waals surface area contributed by atoms with Crippen LogP contribution in [-0.4, -0.2) is 47.6 Å². The summed E-state index contributed by atoms with van der Waals surface area (Å²) in [6, 6.07) is 3.72. The van der Waals surface area contributed by atoms with E-state index in [4.69, 9.17) is 15.2 Å². The van der Waals surface area contributed by atoms with Crippen LogP contribution in [0.4, 0.5) is 27.6 Å². The molecule has 1 aromatic carbocycles. The highest BCUT2D eigenvalue weighted by atomic mass is 19.4. The van der Waals surface area contributed by atoms with Gasteiger partial charge in [0.1, 0.15) is 6.10 Å². The first kappa shape index (κ1) is 25.8. The largest absolute Gasteiger partial charge is 0.493 e. The van der Waals surface area contributed by atoms with Crippen LogP contribution < -0.4 is 15.8 Å². The second-order valence-corrected chi connectivity index (χ2v) is 8.19. The summed E-state index contributed by atoms with van der Waals surface area (Å²) in [6.45, 7) is 1.60. The molecule has 0 radical (unpaired) electrons. The molecular weight excluding hydrogens is 465 g/mol. The number of nitrogens with two attached hydrogens (primary N) is 1. The molecule has 0 spiro atoms. The average molecular weight is 489 g/mol. The Morgan fingerprint density at radius 3 is 2.62 bits per heavy atom. The lowest BCUT2D eigenvalue weighted by Gasteiger charge is -2.32. The molecule has 1 aliphatic heterocycles. The van der Waals surface area contributed by atoms with Gasteiger partial charge in [0.05, 0.1) is 25.5 Å². The number of aliphatic hydroxyl groups is 1. The van der Waals surface area contributed by atoms with Gasteiger partial charge in [-0.25, -0.2) is 4.39 Å². The Morgan fingerprint density at radius 1 is 1.35 bits per heavy atom. The molecule has 12 heteroatoms. The number of alkyl halides is 3. The number of aromatic nitrogens is 1. The lowest BCUT2D eigenvalue weighted by Crippen LogP contribution is -2.47. The molecule has 1 fully saturated rings. The second kappa shape index (κ2) is 9.43. The predicted octanol–water partition coefficient (Wildman–Crippen LogP) is 3.44. The van der Waals surface area contributed by atoms with Crippen LogP contribution in [0.5, 0.6) is 5.75 Å². The van der Waals surface area contributed by atoms with Crippen LogP contribution in [0.1, 0.15) is 37.1 Å². The predicted molar refractivity (Wildman–Crippen MR) is 111 cm³/mol. The van der Waals surface area contributed by atoms with Crippen molar-refractivity contribution in [3.8, 4) is 5.75 Å². The Morgan fingerprint density at radius 2 is 2.03 bits per heavy atom. The smallest absolute Gasteiger partial charge is 0.417 e. The number of benzene rings is 1. The average Bonchev–Trinajstić information content (AvgIpc) is 3.07. The first-order valence-corrected chi connectivity index (χ1v) is 10.2. The third-order valence-electron chi connectivity index (χ3n) is 6.20. The van der Waals surface area contributed by atoms with Crippen LogP contribution in [0, 0.1) is 17.6 Å². The molecule has 2 heterocycles. The van der Waals surface area contributed by atoms with E-state index in [9.17, 15) is 31.9 Å². The van der Waals surface area contributed by atoms with Gasteiger partial charge in [-0.1, -0.05) is 13.0 Å². The number of nitrogens with zero attached hydrogens (tertiary/aromatic N) is 1. The van der Waals surface area contributed by atoms with Crippen molar-refractivity contribution in [3.63, 3.8) is 0 Å². The van der Waals surface area contributed by atoms with Crippen molar-refractivity contribution in [2.75, 3.05) is 19.0 Å². The van der Waals surface area contributed by atoms with E-state index in [-0.39, 0.29) is 16.9 Å². The monoisotopic (exact) mass is 489 g/mol. The highest BCUT2D eigenvalue weighted by molar-refractivity contribution is 5.95. The number of anilines is 1. The molecule has 0 saturated carbocycles. The van der Waals surface area contributed by atoms with Crippen molar-refractivity contribution in [3.05, 3.63) is 53.4 Å². The number of amides is 1. The molecule has 5 atom stereocenters. The minimum absolute atomic E-state index is 0.139. The number of nitrogens with one attached hydrogen (secondary N) is 1. The van der Waals surface area contributed by atoms with E-state index in [2.05, 4.69) is 10.3 Å². The second-order valence-electron chi connectivity index (χ2n) is 8.19. The molecule has 4 N–H and O–H groups in total. The first-order valence-electron chi connectivity index (χ1n) is 10.2. The number of rotatable bonds is 6. The van der Waals surface area contributed by atoms with Crippen molar-refractivity contribution in [2.45, 2.75) is 43.7 Å². The van der Waals surface area contributed by atoms with Crippen molar-refractivity contribution in [1.29, 1.82) is 0 Å². The van der Waals surface area contributed by atoms with E-state index in [0.29, 0.717) is 0 Å². The lowest BCUT2D eigenvalue weighted by molar-refractivity contribution is -0.272. The van der Waals surface area contributed by atoms with E-state index < -0.39 is 65.7 Å². The van der Waals surface area contributed by atoms with Gasteiger partial charge in [-0.2, -0.15) is 17.6 Å².